The van der Waals surface area contributed by atoms with Crippen molar-refractivity contribution in [1.82, 2.24) is 10.2 Å². The number of nitrogens with zero attached hydrogens (tertiary/aromatic N) is 1. The molecule has 1 saturated carbocycles. The number of Topliss-reactive ketones (excluding diaryl/α,β-unsaturated/α-hetero) is 1. The maximum Gasteiger partial charge on any atom is 0.289 e. The van der Waals surface area contributed by atoms with Gasteiger partial charge in [0.2, 0.25) is 11.7 Å². The van der Waals surface area contributed by atoms with Gasteiger partial charge in [-0.05, 0) is 24.3 Å². The van der Waals surface area contributed by atoms with Gasteiger partial charge in [0, 0.05) is 19.0 Å². The Morgan fingerprint density at radius 3 is 2.55 bits per heavy atom. The molecule has 5 heteroatoms. The highest BCUT2D eigenvalue weighted by molar-refractivity contribution is 6.38. The minimum absolute atomic E-state index is 0.0612. The summed E-state index contributed by atoms with van der Waals surface area (Å²) in [4.78, 5) is 38.2. The number of hydrogen-bond acceptors (Lipinski definition) is 3. The Labute approximate surface area is 129 Å². The van der Waals surface area contributed by atoms with Crippen LogP contribution in [0.1, 0.15) is 31.7 Å². The third kappa shape index (κ3) is 3.03. The van der Waals surface area contributed by atoms with Gasteiger partial charge < -0.3 is 10.2 Å². The van der Waals surface area contributed by atoms with E-state index in [1.165, 1.54) is 0 Å². The van der Waals surface area contributed by atoms with Crippen LogP contribution in [0.2, 0.25) is 0 Å². The van der Waals surface area contributed by atoms with Gasteiger partial charge in [0.1, 0.15) is 6.04 Å². The molecule has 0 radical (unpaired) electrons. The van der Waals surface area contributed by atoms with Gasteiger partial charge in [-0.25, -0.2) is 0 Å². The second-order valence-corrected chi connectivity index (χ2v) is 6.25. The van der Waals surface area contributed by atoms with Crippen molar-refractivity contribution in [3.8, 4) is 0 Å². The van der Waals surface area contributed by atoms with Crippen LogP contribution < -0.4 is 5.32 Å². The molecule has 2 atom stereocenters. The molecular weight excluding hydrogens is 280 g/mol. The molecule has 0 spiro atoms. The van der Waals surface area contributed by atoms with Crippen LogP contribution in [0.4, 0.5) is 0 Å². The van der Waals surface area contributed by atoms with Gasteiger partial charge in [0.15, 0.2) is 0 Å². The molecule has 2 fully saturated rings. The zero-order valence-corrected chi connectivity index (χ0v) is 12.6. The minimum Gasteiger partial charge on any atom is -0.347 e. The van der Waals surface area contributed by atoms with Gasteiger partial charge in [0.25, 0.3) is 5.91 Å². The average Bonchev–Trinajstić information content (AvgIpc) is 3.26. The minimum atomic E-state index is -0.647. The second kappa shape index (κ2) is 5.91. The molecule has 1 heterocycles. The van der Waals surface area contributed by atoms with Crippen molar-refractivity contribution in [2.75, 3.05) is 0 Å². The summed E-state index contributed by atoms with van der Waals surface area (Å²) in [5.74, 6) is -1.23. The van der Waals surface area contributed by atoms with Gasteiger partial charge in [-0.1, -0.05) is 37.3 Å². The molecule has 1 saturated heterocycles. The van der Waals surface area contributed by atoms with Crippen LogP contribution in [-0.2, 0) is 20.9 Å². The fraction of sp³-hybridized carbons (Fsp3) is 0.471. The van der Waals surface area contributed by atoms with Crippen molar-refractivity contribution in [2.24, 2.45) is 5.92 Å². The van der Waals surface area contributed by atoms with Crippen molar-refractivity contribution in [2.45, 2.75) is 44.8 Å². The van der Waals surface area contributed by atoms with E-state index in [1.807, 2.05) is 37.3 Å². The van der Waals surface area contributed by atoms with Crippen molar-refractivity contribution in [3.63, 3.8) is 0 Å². The Bertz CT molecular complexity index is 595. The quantitative estimate of drug-likeness (QED) is 0.833. The number of benzene rings is 1. The SMILES string of the molecule is C[C@H]1CC(=O)N(Cc2ccccc2)[C@H]1C(=O)C(=O)NC1CC1. The van der Waals surface area contributed by atoms with E-state index in [0.29, 0.717) is 13.0 Å². The molecule has 1 N–H and O–H groups in total. The second-order valence-electron chi connectivity index (χ2n) is 6.25. The Morgan fingerprint density at radius 1 is 1.23 bits per heavy atom. The van der Waals surface area contributed by atoms with E-state index >= 15 is 0 Å². The van der Waals surface area contributed by atoms with Gasteiger partial charge >= 0.3 is 0 Å². The largest absolute Gasteiger partial charge is 0.347 e. The first-order valence-electron chi connectivity index (χ1n) is 7.74. The Hall–Kier alpha value is -2.17. The topological polar surface area (TPSA) is 66.5 Å². The third-order valence-electron chi connectivity index (χ3n) is 4.29. The predicted molar refractivity (Wildman–Crippen MR) is 80.7 cm³/mol. The summed E-state index contributed by atoms with van der Waals surface area (Å²) < 4.78 is 0. The van der Waals surface area contributed by atoms with Gasteiger partial charge in [-0.3, -0.25) is 14.4 Å². The molecule has 22 heavy (non-hydrogen) atoms. The smallest absolute Gasteiger partial charge is 0.289 e. The van der Waals surface area contributed by atoms with Crippen LogP contribution in [0.5, 0.6) is 0 Å². The number of carbonyl (C=O) groups excluding carboxylic acids is 3. The summed E-state index contributed by atoms with van der Waals surface area (Å²) in [6.07, 6.45) is 2.19. The molecule has 2 amide bonds. The maximum absolute atomic E-state index is 12.5. The van der Waals surface area contributed by atoms with E-state index in [9.17, 15) is 14.4 Å². The van der Waals surface area contributed by atoms with E-state index in [4.69, 9.17) is 0 Å². The number of carbonyl (C=O) groups is 3. The summed E-state index contributed by atoms with van der Waals surface area (Å²) in [5.41, 5.74) is 0.963. The fourth-order valence-electron chi connectivity index (χ4n) is 2.95. The van der Waals surface area contributed by atoms with E-state index in [2.05, 4.69) is 5.32 Å². The summed E-state index contributed by atoms with van der Waals surface area (Å²) in [6.45, 7) is 2.23. The molecule has 0 bridgehead atoms. The molecule has 5 nitrogen and oxygen atoms in total. The van der Waals surface area contributed by atoms with Crippen LogP contribution in [0.25, 0.3) is 0 Å². The monoisotopic (exact) mass is 300 g/mol. The van der Waals surface area contributed by atoms with Crippen LogP contribution in [0.3, 0.4) is 0 Å². The zero-order chi connectivity index (χ0) is 15.7. The highest BCUT2D eigenvalue weighted by Gasteiger charge is 2.44. The van der Waals surface area contributed by atoms with Gasteiger partial charge in [-0.2, -0.15) is 0 Å². The molecule has 116 valence electrons. The number of likely N-dealkylation sites (tertiary alicyclic amines) is 1. The van der Waals surface area contributed by atoms with Crippen LogP contribution >= 0.6 is 0 Å². The van der Waals surface area contributed by atoms with Crippen molar-refractivity contribution >= 4 is 17.6 Å². The lowest BCUT2D eigenvalue weighted by molar-refractivity contribution is -0.143. The first kappa shape index (κ1) is 14.8. The predicted octanol–water partition coefficient (Wildman–Crippen LogP) is 1.27. The van der Waals surface area contributed by atoms with Crippen LogP contribution in [0.15, 0.2) is 30.3 Å². The Balaban J connectivity index is 1.75. The standard InChI is InChI=1S/C17H20N2O3/c1-11-9-14(20)19(10-12-5-3-2-4-6-12)15(11)16(21)17(22)18-13-7-8-13/h2-6,11,13,15H,7-10H2,1H3,(H,18,22)/t11-,15+/m0/s1. The first-order valence-corrected chi connectivity index (χ1v) is 7.74. The molecule has 0 aromatic heterocycles. The summed E-state index contributed by atoms with van der Waals surface area (Å²) >= 11 is 0. The summed E-state index contributed by atoms with van der Waals surface area (Å²) in [6, 6.07) is 9.04. The van der Waals surface area contributed by atoms with E-state index in [1.54, 1.807) is 4.90 Å². The molecular formula is C17H20N2O3. The summed E-state index contributed by atoms with van der Waals surface area (Å²) in [7, 11) is 0. The van der Waals surface area contributed by atoms with Crippen LogP contribution in [-0.4, -0.2) is 34.6 Å². The van der Waals surface area contributed by atoms with Crippen molar-refractivity contribution in [1.29, 1.82) is 0 Å². The molecule has 2 aliphatic rings. The zero-order valence-electron chi connectivity index (χ0n) is 12.6. The van der Waals surface area contributed by atoms with E-state index in [-0.39, 0.29) is 17.9 Å². The first-order chi connectivity index (χ1) is 10.6. The molecule has 1 aliphatic carbocycles. The highest BCUT2D eigenvalue weighted by atomic mass is 16.2. The number of hydrogen-bond donors (Lipinski definition) is 1. The summed E-state index contributed by atoms with van der Waals surface area (Å²) in [5, 5.41) is 2.72. The molecule has 0 unspecified atom stereocenters. The van der Waals surface area contributed by atoms with E-state index < -0.39 is 17.7 Å². The molecule has 1 aliphatic heterocycles. The lowest BCUT2D eigenvalue weighted by Gasteiger charge is -2.25. The van der Waals surface area contributed by atoms with Gasteiger partial charge in [0.05, 0.1) is 0 Å². The molecule has 1 aromatic carbocycles. The van der Waals surface area contributed by atoms with Crippen LogP contribution in [0, 0.1) is 5.92 Å². The number of ketones is 1. The fourth-order valence-corrected chi connectivity index (χ4v) is 2.95. The van der Waals surface area contributed by atoms with Crippen molar-refractivity contribution < 1.29 is 14.4 Å². The number of rotatable bonds is 5. The lowest BCUT2D eigenvalue weighted by Crippen LogP contribution is -2.47. The lowest BCUT2D eigenvalue weighted by atomic mass is 9.98. The highest BCUT2D eigenvalue weighted by Crippen LogP contribution is 2.28. The Morgan fingerprint density at radius 2 is 1.91 bits per heavy atom. The number of amides is 2. The third-order valence-corrected chi connectivity index (χ3v) is 4.29. The number of nitrogens with one attached hydrogen (secondary N) is 1. The van der Waals surface area contributed by atoms with E-state index in [0.717, 1.165) is 18.4 Å². The van der Waals surface area contributed by atoms with Gasteiger partial charge in [-0.15, -0.1) is 0 Å². The normalized spacial score (nSPS) is 24.4. The Kier molecular flexibility index (Phi) is 3.96. The van der Waals surface area contributed by atoms with Crippen molar-refractivity contribution in [3.05, 3.63) is 35.9 Å². The maximum atomic E-state index is 12.5. The average molecular weight is 300 g/mol. The molecule has 1 aromatic rings. The molecule has 3 rings (SSSR count).